The molecule has 4 heteroatoms. The number of hydrogen-bond donors (Lipinski definition) is 1. The fraction of sp³-hybridized carbons (Fsp3) is 0.500. The van der Waals surface area contributed by atoms with Crippen LogP contribution in [0, 0.1) is 0 Å². The third kappa shape index (κ3) is 4.41. The van der Waals surface area contributed by atoms with Crippen LogP contribution in [0.2, 0.25) is 10.0 Å². The first-order chi connectivity index (χ1) is 13.4. The molecule has 28 heavy (non-hydrogen) atoms. The summed E-state index contributed by atoms with van der Waals surface area (Å²) in [5.74, 6) is 0. The summed E-state index contributed by atoms with van der Waals surface area (Å²) < 4.78 is 0. The van der Waals surface area contributed by atoms with E-state index >= 15 is 0 Å². The predicted molar refractivity (Wildman–Crippen MR) is 122 cm³/mol. The number of halogens is 2. The van der Waals surface area contributed by atoms with E-state index in [1.54, 1.807) is 0 Å². The summed E-state index contributed by atoms with van der Waals surface area (Å²) in [4.78, 5) is 2.48. The highest BCUT2D eigenvalue weighted by atomic mass is 35.5. The number of benzene rings is 2. The van der Waals surface area contributed by atoms with Gasteiger partial charge in [-0.05, 0) is 75.1 Å². The lowest BCUT2D eigenvalue weighted by Gasteiger charge is -2.50. The van der Waals surface area contributed by atoms with Crippen molar-refractivity contribution >= 4 is 23.2 Å². The molecule has 3 atom stereocenters. The van der Waals surface area contributed by atoms with Gasteiger partial charge in [-0.25, -0.2) is 0 Å². The standard InChI is InChI=1S/C24H32Cl2N2/c1-5-19-8-6-7-9-20(19)24(3)13-15-28(4)17(2)23(24)27-14-12-18-10-11-21(25)22(26)16-18/h6-11,16-17,23,27H,5,12-15H2,1-4H3/t17-,23+,24?/m1/s1. The van der Waals surface area contributed by atoms with Crippen LogP contribution in [0.3, 0.4) is 0 Å². The van der Waals surface area contributed by atoms with Gasteiger partial charge in [0.15, 0.2) is 0 Å². The van der Waals surface area contributed by atoms with Gasteiger partial charge >= 0.3 is 0 Å². The Bertz CT molecular complexity index is 807. The minimum atomic E-state index is 0.121. The Labute approximate surface area is 180 Å². The molecule has 0 radical (unpaired) electrons. The summed E-state index contributed by atoms with van der Waals surface area (Å²) >= 11 is 12.2. The number of piperidine rings is 1. The van der Waals surface area contributed by atoms with Crippen LogP contribution in [0.1, 0.15) is 43.9 Å². The Kier molecular flexibility index (Phi) is 7.09. The second-order valence-electron chi connectivity index (χ2n) is 8.33. The average molecular weight is 419 g/mol. The summed E-state index contributed by atoms with van der Waals surface area (Å²) in [6.07, 6.45) is 3.18. The third-order valence-corrected chi connectivity index (χ3v) is 7.36. The van der Waals surface area contributed by atoms with Gasteiger partial charge in [0.2, 0.25) is 0 Å². The fourth-order valence-electron chi connectivity index (χ4n) is 4.71. The number of likely N-dealkylation sites (tertiary alicyclic amines) is 1. The van der Waals surface area contributed by atoms with Crippen molar-refractivity contribution in [2.75, 3.05) is 20.1 Å². The molecule has 2 aromatic carbocycles. The highest BCUT2D eigenvalue weighted by molar-refractivity contribution is 6.42. The molecule has 0 aromatic heterocycles. The van der Waals surface area contributed by atoms with Gasteiger partial charge in [0.05, 0.1) is 10.0 Å². The number of nitrogens with zero attached hydrogens (tertiary/aromatic N) is 1. The van der Waals surface area contributed by atoms with Crippen LogP contribution in [0.25, 0.3) is 0 Å². The molecule has 1 saturated heterocycles. The number of hydrogen-bond acceptors (Lipinski definition) is 2. The first-order valence-electron chi connectivity index (χ1n) is 10.3. The number of nitrogens with one attached hydrogen (secondary N) is 1. The molecule has 0 saturated carbocycles. The zero-order valence-corrected chi connectivity index (χ0v) is 18.9. The Morgan fingerprint density at radius 3 is 2.61 bits per heavy atom. The highest BCUT2D eigenvalue weighted by Crippen LogP contribution is 2.39. The van der Waals surface area contributed by atoms with E-state index in [0.29, 0.717) is 22.1 Å². The monoisotopic (exact) mass is 418 g/mol. The van der Waals surface area contributed by atoms with Crippen LogP contribution in [-0.2, 0) is 18.3 Å². The van der Waals surface area contributed by atoms with Gasteiger partial charge in [-0.2, -0.15) is 0 Å². The number of aryl methyl sites for hydroxylation is 1. The third-order valence-electron chi connectivity index (χ3n) is 6.62. The Balaban J connectivity index is 1.80. The molecule has 0 amide bonds. The minimum Gasteiger partial charge on any atom is -0.311 e. The van der Waals surface area contributed by atoms with Crippen molar-refractivity contribution in [2.45, 2.75) is 57.5 Å². The molecular weight excluding hydrogens is 387 g/mol. The molecule has 0 spiro atoms. The quantitative estimate of drug-likeness (QED) is 0.643. The fourth-order valence-corrected chi connectivity index (χ4v) is 5.03. The highest BCUT2D eigenvalue weighted by Gasteiger charge is 2.44. The van der Waals surface area contributed by atoms with E-state index in [1.807, 2.05) is 12.1 Å². The number of likely N-dealkylation sites (N-methyl/N-ethyl adjacent to an activating group) is 1. The maximum absolute atomic E-state index is 6.18. The van der Waals surface area contributed by atoms with E-state index in [2.05, 4.69) is 68.4 Å². The molecule has 1 aliphatic rings. The van der Waals surface area contributed by atoms with Crippen molar-refractivity contribution in [3.05, 3.63) is 69.2 Å². The van der Waals surface area contributed by atoms with Crippen LogP contribution in [0.4, 0.5) is 0 Å². The lowest BCUT2D eigenvalue weighted by molar-refractivity contribution is 0.0888. The largest absolute Gasteiger partial charge is 0.311 e. The van der Waals surface area contributed by atoms with Gasteiger partial charge in [-0.3, -0.25) is 0 Å². The van der Waals surface area contributed by atoms with Crippen molar-refractivity contribution in [2.24, 2.45) is 0 Å². The molecule has 152 valence electrons. The second-order valence-corrected chi connectivity index (χ2v) is 9.14. The molecule has 2 nitrogen and oxygen atoms in total. The molecule has 1 fully saturated rings. The lowest BCUT2D eigenvalue weighted by Crippen LogP contribution is -2.62. The summed E-state index contributed by atoms with van der Waals surface area (Å²) in [7, 11) is 2.24. The van der Waals surface area contributed by atoms with E-state index in [1.165, 1.54) is 16.7 Å². The van der Waals surface area contributed by atoms with Gasteiger partial charge in [0.25, 0.3) is 0 Å². The molecule has 1 N–H and O–H groups in total. The first kappa shape index (κ1) is 21.6. The molecule has 1 heterocycles. The maximum Gasteiger partial charge on any atom is 0.0595 e. The Morgan fingerprint density at radius 2 is 1.89 bits per heavy atom. The van der Waals surface area contributed by atoms with Gasteiger partial charge in [-0.1, -0.05) is 67.4 Å². The van der Waals surface area contributed by atoms with E-state index in [4.69, 9.17) is 23.2 Å². The molecule has 0 aliphatic carbocycles. The lowest BCUT2D eigenvalue weighted by atomic mass is 9.67. The molecule has 2 aromatic rings. The van der Waals surface area contributed by atoms with Gasteiger partial charge in [0.1, 0.15) is 0 Å². The van der Waals surface area contributed by atoms with Gasteiger partial charge in [-0.15, -0.1) is 0 Å². The summed E-state index contributed by atoms with van der Waals surface area (Å²) in [5, 5.41) is 5.15. The van der Waals surface area contributed by atoms with E-state index in [9.17, 15) is 0 Å². The van der Waals surface area contributed by atoms with Crippen LogP contribution in [0.5, 0.6) is 0 Å². The zero-order chi connectivity index (χ0) is 20.3. The van der Waals surface area contributed by atoms with Gasteiger partial charge in [0, 0.05) is 17.5 Å². The van der Waals surface area contributed by atoms with Crippen molar-refractivity contribution < 1.29 is 0 Å². The number of rotatable bonds is 6. The minimum absolute atomic E-state index is 0.121. The van der Waals surface area contributed by atoms with E-state index in [0.717, 1.165) is 32.4 Å². The maximum atomic E-state index is 6.18. The summed E-state index contributed by atoms with van der Waals surface area (Å²) in [5.41, 5.74) is 4.31. The van der Waals surface area contributed by atoms with Crippen LogP contribution in [0.15, 0.2) is 42.5 Å². The normalized spacial score (nSPS) is 25.8. The molecule has 0 bridgehead atoms. The Hall–Kier alpha value is -1.06. The Morgan fingerprint density at radius 1 is 1.14 bits per heavy atom. The molecule has 1 unspecified atom stereocenters. The van der Waals surface area contributed by atoms with Crippen molar-refractivity contribution in [1.82, 2.24) is 10.2 Å². The van der Waals surface area contributed by atoms with E-state index in [-0.39, 0.29) is 5.41 Å². The average Bonchev–Trinajstić information content (AvgIpc) is 2.70. The smallest absolute Gasteiger partial charge is 0.0595 e. The van der Waals surface area contributed by atoms with Crippen LogP contribution >= 0.6 is 23.2 Å². The first-order valence-corrected chi connectivity index (χ1v) is 11.1. The van der Waals surface area contributed by atoms with Crippen LogP contribution in [-0.4, -0.2) is 37.1 Å². The van der Waals surface area contributed by atoms with E-state index < -0.39 is 0 Å². The van der Waals surface area contributed by atoms with Crippen LogP contribution < -0.4 is 5.32 Å². The van der Waals surface area contributed by atoms with Crippen molar-refractivity contribution in [1.29, 1.82) is 0 Å². The van der Waals surface area contributed by atoms with Crippen molar-refractivity contribution in [3.8, 4) is 0 Å². The summed E-state index contributed by atoms with van der Waals surface area (Å²) in [6.45, 7) is 9.10. The van der Waals surface area contributed by atoms with Gasteiger partial charge < -0.3 is 10.2 Å². The predicted octanol–water partition coefficient (Wildman–Crippen LogP) is 5.74. The van der Waals surface area contributed by atoms with Crippen molar-refractivity contribution in [3.63, 3.8) is 0 Å². The zero-order valence-electron chi connectivity index (χ0n) is 17.4. The topological polar surface area (TPSA) is 15.3 Å². The molecular formula is C24H32Cl2N2. The SMILES string of the molecule is CCc1ccccc1C1(C)CCN(C)[C@H](C)[C@@H]1NCCc1ccc(Cl)c(Cl)c1. The molecule has 3 rings (SSSR count). The second kappa shape index (κ2) is 9.17. The summed E-state index contributed by atoms with van der Waals surface area (Å²) in [6, 6.07) is 15.8. The molecule has 1 aliphatic heterocycles.